The van der Waals surface area contributed by atoms with Crippen LogP contribution < -0.4 is 0 Å². The van der Waals surface area contributed by atoms with Gasteiger partial charge in [0.1, 0.15) is 0 Å². The molecule has 0 radical (unpaired) electrons. The summed E-state index contributed by atoms with van der Waals surface area (Å²) < 4.78 is 0. The van der Waals surface area contributed by atoms with Crippen LogP contribution in [0.5, 0.6) is 0 Å². The second kappa shape index (κ2) is 4.82. The molecule has 1 saturated carbocycles. The summed E-state index contributed by atoms with van der Waals surface area (Å²) in [6, 6.07) is 7.23. The van der Waals surface area contributed by atoms with Crippen molar-refractivity contribution in [2.24, 2.45) is 5.11 Å². The second-order valence-corrected chi connectivity index (χ2v) is 4.12. The van der Waals surface area contributed by atoms with E-state index in [1.54, 1.807) is 12.1 Å². The third kappa shape index (κ3) is 2.15. The van der Waals surface area contributed by atoms with E-state index >= 15 is 0 Å². The van der Waals surface area contributed by atoms with Crippen LogP contribution in [0, 0.1) is 11.8 Å². The molecule has 1 fully saturated rings. The first-order valence-corrected chi connectivity index (χ1v) is 5.53. The smallest absolute Gasteiger partial charge is 0.314 e. The van der Waals surface area contributed by atoms with E-state index in [0.29, 0.717) is 18.4 Å². The lowest BCUT2D eigenvalue weighted by Crippen LogP contribution is -2.20. The molecule has 1 aliphatic carbocycles. The summed E-state index contributed by atoms with van der Waals surface area (Å²) in [6.07, 6.45) is 1.30. The van der Waals surface area contributed by atoms with Gasteiger partial charge in [0.15, 0.2) is 0 Å². The summed E-state index contributed by atoms with van der Waals surface area (Å²) in [5, 5.41) is 12.6. The first-order chi connectivity index (χ1) is 8.70. The second-order valence-electron chi connectivity index (χ2n) is 4.12. The molecule has 1 aromatic rings. The van der Waals surface area contributed by atoms with Crippen LogP contribution in [-0.4, -0.2) is 17.6 Å². The van der Waals surface area contributed by atoms with Gasteiger partial charge in [0, 0.05) is 10.5 Å². The average molecular weight is 241 g/mol. The van der Waals surface area contributed by atoms with Gasteiger partial charge >= 0.3 is 5.97 Å². The van der Waals surface area contributed by atoms with Gasteiger partial charge < -0.3 is 5.11 Å². The molecule has 1 aromatic carbocycles. The summed E-state index contributed by atoms with van der Waals surface area (Å²) in [4.78, 5) is 13.9. The van der Waals surface area contributed by atoms with Crippen LogP contribution >= 0.6 is 0 Å². The maximum atomic E-state index is 11.3. The van der Waals surface area contributed by atoms with Crippen LogP contribution in [0.25, 0.3) is 10.4 Å². The summed E-state index contributed by atoms with van der Waals surface area (Å²) in [5.41, 5.74) is 8.84. The van der Waals surface area contributed by atoms with Crippen molar-refractivity contribution in [3.63, 3.8) is 0 Å². The van der Waals surface area contributed by atoms with Gasteiger partial charge in [0.05, 0.1) is 12.0 Å². The van der Waals surface area contributed by atoms with E-state index in [2.05, 4.69) is 21.9 Å². The Labute approximate surface area is 104 Å². The van der Waals surface area contributed by atoms with Gasteiger partial charge in [-0.05, 0) is 30.0 Å². The van der Waals surface area contributed by atoms with Crippen LogP contribution in [0.2, 0.25) is 0 Å². The first kappa shape index (κ1) is 12.0. The number of rotatable bonds is 3. The Morgan fingerprint density at radius 2 is 2.22 bits per heavy atom. The van der Waals surface area contributed by atoms with Gasteiger partial charge in [-0.3, -0.25) is 4.79 Å². The van der Waals surface area contributed by atoms with E-state index in [4.69, 9.17) is 5.53 Å². The highest BCUT2D eigenvalue weighted by molar-refractivity contribution is 5.86. The normalized spacial score (nSPS) is 14.9. The summed E-state index contributed by atoms with van der Waals surface area (Å²) in [7, 11) is 0. The highest BCUT2D eigenvalue weighted by Crippen LogP contribution is 2.49. The molecular formula is C13H11N3O2. The fourth-order valence-electron chi connectivity index (χ4n) is 1.93. The Balaban J connectivity index is 2.34. The number of carboxylic acids is 1. The van der Waals surface area contributed by atoms with Crippen LogP contribution in [0.3, 0.4) is 0 Å². The van der Waals surface area contributed by atoms with Gasteiger partial charge in [-0.1, -0.05) is 35.2 Å². The minimum Gasteiger partial charge on any atom is -0.481 e. The van der Waals surface area contributed by atoms with Crippen molar-refractivity contribution in [1.82, 2.24) is 0 Å². The Bertz CT molecular complexity index is 588. The van der Waals surface area contributed by atoms with Crippen LogP contribution in [-0.2, 0) is 10.2 Å². The lowest BCUT2D eigenvalue weighted by molar-refractivity contribution is -0.140. The van der Waals surface area contributed by atoms with E-state index in [1.807, 2.05) is 12.1 Å². The van der Waals surface area contributed by atoms with Crippen molar-refractivity contribution in [3.05, 3.63) is 45.8 Å². The SMILES string of the molecule is [N-]=[N+]=NCC#Cc1ccccc1C1(C(=O)O)CC1. The number of carbonyl (C=O) groups is 1. The number of nitrogens with zero attached hydrogens (tertiary/aromatic N) is 3. The molecule has 0 atom stereocenters. The average Bonchev–Trinajstić information content (AvgIpc) is 3.16. The lowest BCUT2D eigenvalue weighted by atomic mass is 9.91. The zero-order valence-electron chi connectivity index (χ0n) is 9.63. The Morgan fingerprint density at radius 1 is 1.50 bits per heavy atom. The van der Waals surface area contributed by atoms with Crippen LogP contribution in [0.15, 0.2) is 29.4 Å². The molecule has 0 saturated heterocycles. The third-order valence-electron chi connectivity index (χ3n) is 3.04. The molecular weight excluding hydrogens is 230 g/mol. The summed E-state index contributed by atoms with van der Waals surface area (Å²) in [5.74, 6) is 4.79. The van der Waals surface area contributed by atoms with Crippen molar-refractivity contribution in [2.75, 3.05) is 6.54 Å². The number of benzene rings is 1. The molecule has 0 aromatic heterocycles. The predicted octanol–water partition coefficient (Wildman–Crippen LogP) is 2.46. The minimum atomic E-state index is -0.799. The Kier molecular flexibility index (Phi) is 3.22. The van der Waals surface area contributed by atoms with Gasteiger partial charge in [0.25, 0.3) is 0 Å². The van der Waals surface area contributed by atoms with Gasteiger partial charge in [0.2, 0.25) is 0 Å². The molecule has 2 rings (SSSR count). The topological polar surface area (TPSA) is 86.1 Å². The number of azide groups is 1. The van der Waals surface area contributed by atoms with Crippen molar-refractivity contribution in [1.29, 1.82) is 0 Å². The van der Waals surface area contributed by atoms with E-state index in [1.165, 1.54) is 0 Å². The maximum Gasteiger partial charge on any atom is 0.314 e. The molecule has 5 heteroatoms. The van der Waals surface area contributed by atoms with E-state index in [9.17, 15) is 9.90 Å². The van der Waals surface area contributed by atoms with Crippen molar-refractivity contribution in [2.45, 2.75) is 18.3 Å². The molecule has 0 bridgehead atoms. The number of hydrogen-bond acceptors (Lipinski definition) is 2. The summed E-state index contributed by atoms with van der Waals surface area (Å²) in [6.45, 7) is 0.0882. The number of aliphatic carboxylic acids is 1. The van der Waals surface area contributed by atoms with E-state index in [0.717, 1.165) is 5.56 Å². The van der Waals surface area contributed by atoms with Crippen LogP contribution in [0.1, 0.15) is 24.0 Å². The summed E-state index contributed by atoms with van der Waals surface area (Å²) >= 11 is 0. The van der Waals surface area contributed by atoms with Crippen molar-refractivity contribution >= 4 is 5.97 Å². The third-order valence-corrected chi connectivity index (χ3v) is 3.04. The highest BCUT2D eigenvalue weighted by Gasteiger charge is 2.52. The minimum absolute atomic E-state index is 0.0882. The highest BCUT2D eigenvalue weighted by atomic mass is 16.4. The molecule has 1 aliphatic rings. The zero-order chi connectivity index (χ0) is 13.0. The molecule has 5 nitrogen and oxygen atoms in total. The molecule has 0 unspecified atom stereocenters. The molecule has 0 aliphatic heterocycles. The zero-order valence-corrected chi connectivity index (χ0v) is 9.63. The Hall–Kier alpha value is -2.44. The molecule has 0 amide bonds. The Morgan fingerprint density at radius 3 is 2.83 bits per heavy atom. The quantitative estimate of drug-likeness (QED) is 0.381. The maximum absolute atomic E-state index is 11.3. The monoisotopic (exact) mass is 241 g/mol. The standard InChI is InChI=1S/C13H11N3O2/c14-16-15-9-3-5-10-4-1-2-6-11(10)13(7-8-13)12(17)18/h1-2,4,6H,7-9H2,(H,17,18). The van der Waals surface area contributed by atoms with Crippen molar-refractivity contribution in [3.8, 4) is 11.8 Å². The van der Waals surface area contributed by atoms with Gasteiger partial charge in [-0.15, -0.1) is 0 Å². The largest absolute Gasteiger partial charge is 0.481 e. The number of hydrogen-bond donors (Lipinski definition) is 1. The number of carboxylic acid groups (broad SMARTS) is 1. The fraction of sp³-hybridized carbons (Fsp3) is 0.308. The van der Waals surface area contributed by atoms with Gasteiger partial charge in [-0.2, -0.15) is 0 Å². The lowest BCUT2D eigenvalue weighted by Gasteiger charge is -2.11. The molecule has 90 valence electrons. The molecule has 0 spiro atoms. The fourth-order valence-corrected chi connectivity index (χ4v) is 1.93. The predicted molar refractivity (Wildman–Crippen MR) is 65.9 cm³/mol. The van der Waals surface area contributed by atoms with E-state index in [-0.39, 0.29) is 6.54 Å². The van der Waals surface area contributed by atoms with E-state index < -0.39 is 11.4 Å². The molecule has 0 heterocycles. The molecule has 1 N–H and O–H groups in total. The van der Waals surface area contributed by atoms with Gasteiger partial charge in [-0.25, -0.2) is 0 Å². The van der Waals surface area contributed by atoms with Crippen molar-refractivity contribution < 1.29 is 9.90 Å². The molecule has 18 heavy (non-hydrogen) atoms. The first-order valence-electron chi connectivity index (χ1n) is 5.53. The van der Waals surface area contributed by atoms with Crippen LogP contribution in [0.4, 0.5) is 0 Å².